The average molecular weight is 367 g/mol. The Labute approximate surface area is 135 Å². The Morgan fingerprint density at radius 1 is 1.38 bits per heavy atom. The summed E-state index contributed by atoms with van der Waals surface area (Å²) in [5.74, 6) is 0. The van der Waals surface area contributed by atoms with Crippen LogP contribution in [0.15, 0.2) is 41.0 Å². The van der Waals surface area contributed by atoms with Crippen molar-refractivity contribution in [3.05, 3.63) is 57.4 Å². The first-order chi connectivity index (χ1) is 10.1. The van der Waals surface area contributed by atoms with Crippen LogP contribution in [0.3, 0.4) is 0 Å². The Hall–Kier alpha value is -1.43. The smallest absolute Gasteiger partial charge is 0.140 e. The van der Waals surface area contributed by atoms with Gasteiger partial charge >= 0.3 is 0 Å². The van der Waals surface area contributed by atoms with Gasteiger partial charge in [0.1, 0.15) is 6.10 Å². The van der Waals surface area contributed by atoms with Crippen LogP contribution in [0.4, 0.5) is 0 Å². The van der Waals surface area contributed by atoms with Crippen LogP contribution in [0, 0.1) is 0 Å². The molecule has 108 valence electrons. The van der Waals surface area contributed by atoms with Crippen LogP contribution in [0.5, 0.6) is 0 Å². The molecule has 0 amide bonds. The van der Waals surface area contributed by atoms with Crippen molar-refractivity contribution in [2.75, 3.05) is 0 Å². The quantitative estimate of drug-likeness (QED) is 0.763. The van der Waals surface area contributed by atoms with Gasteiger partial charge in [-0.2, -0.15) is 5.10 Å². The maximum Gasteiger partial charge on any atom is 0.140 e. The van der Waals surface area contributed by atoms with Crippen LogP contribution in [0.25, 0.3) is 10.9 Å². The fourth-order valence-electron chi connectivity index (χ4n) is 2.32. The number of aromatic nitrogens is 3. The number of aliphatic hydroxyl groups is 1. The second-order valence-electron chi connectivity index (χ2n) is 4.64. The van der Waals surface area contributed by atoms with Crippen molar-refractivity contribution in [3.63, 3.8) is 0 Å². The first-order valence-corrected chi connectivity index (χ1v) is 7.73. The molecule has 0 bridgehead atoms. The highest BCUT2D eigenvalue weighted by molar-refractivity contribution is 9.10. The van der Waals surface area contributed by atoms with Gasteiger partial charge in [-0.25, -0.2) is 4.98 Å². The molecule has 3 rings (SSSR count). The number of benzene rings is 1. The van der Waals surface area contributed by atoms with Gasteiger partial charge in [0.05, 0.1) is 28.1 Å². The van der Waals surface area contributed by atoms with E-state index in [1.807, 2.05) is 37.3 Å². The first-order valence-electron chi connectivity index (χ1n) is 6.56. The minimum atomic E-state index is -0.932. The molecule has 0 aliphatic rings. The number of aryl methyl sites for hydroxylation is 1. The van der Waals surface area contributed by atoms with E-state index in [1.54, 1.807) is 10.9 Å². The lowest BCUT2D eigenvalue weighted by Gasteiger charge is -2.15. The molecule has 2 heterocycles. The summed E-state index contributed by atoms with van der Waals surface area (Å²) >= 11 is 9.63. The molecule has 4 nitrogen and oxygen atoms in total. The highest BCUT2D eigenvalue weighted by Gasteiger charge is 2.23. The van der Waals surface area contributed by atoms with E-state index in [0.29, 0.717) is 23.0 Å². The van der Waals surface area contributed by atoms with E-state index in [2.05, 4.69) is 26.0 Å². The van der Waals surface area contributed by atoms with Gasteiger partial charge in [-0.15, -0.1) is 0 Å². The van der Waals surface area contributed by atoms with E-state index < -0.39 is 6.10 Å². The van der Waals surface area contributed by atoms with Gasteiger partial charge in [-0.05, 0) is 35.0 Å². The van der Waals surface area contributed by atoms with Crippen molar-refractivity contribution >= 4 is 38.4 Å². The van der Waals surface area contributed by atoms with E-state index in [0.717, 1.165) is 15.4 Å². The molecular formula is C15H13BrClN3O. The summed E-state index contributed by atoms with van der Waals surface area (Å²) in [5.41, 5.74) is 1.92. The van der Waals surface area contributed by atoms with Gasteiger partial charge in [-0.3, -0.25) is 4.68 Å². The van der Waals surface area contributed by atoms with Crippen LogP contribution in [0.2, 0.25) is 5.02 Å². The van der Waals surface area contributed by atoms with Crippen molar-refractivity contribution < 1.29 is 5.11 Å². The van der Waals surface area contributed by atoms with Gasteiger partial charge in [0.15, 0.2) is 0 Å². The van der Waals surface area contributed by atoms with Gasteiger partial charge in [0.2, 0.25) is 0 Å². The van der Waals surface area contributed by atoms with Gasteiger partial charge in [0.25, 0.3) is 0 Å². The molecule has 0 aliphatic heterocycles. The molecule has 0 saturated carbocycles. The van der Waals surface area contributed by atoms with Crippen LogP contribution in [-0.4, -0.2) is 19.9 Å². The molecule has 0 saturated heterocycles. The molecule has 1 N–H and O–H groups in total. The molecular weight excluding hydrogens is 354 g/mol. The minimum Gasteiger partial charge on any atom is -0.380 e. The number of pyridine rings is 1. The molecule has 0 spiro atoms. The molecule has 0 fully saturated rings. The highest BCUT2D eigenvalue weighted by Crippen LogP contribution is 2.32. The second kappa shape index (κ2) is 5.75. The predicted molar refractivity (Wildman–Crippen MR) is 86.4 cm³/mol. The molecule has 21 heavy (non-hydrogen) atoms. The minimum absolute atomic E-state index is 0.436. The predicted octanol–water partition coefficient (Wildman–Crippen LogP) is 3.95. The van der Waals surface area contributed by atoms with Gasteiger partial charge in [-0.1, -0.05) is 29.8 Å². The van der Waals surface area contributed by atoms with Crippen molar-refractivity contribution in [1.29, 1.82) is 0 Å². The number of hydrogen-bond acceptors (Lipinski definition) is 3. The van der Waals surface area contributed by atoms with Crippen molar-refractivity contribution in [2.45, 2.75) is 19.6 Å². The first kappa shape index (κ1) is 14.5. The fraction of sp³-hybridized carbons (Fsp3) is 0.200. The molecule has 1 unspecified atom stereocenters. The third-order valence-electron chi connectivity index (χ3n) is 3.36. The van der Waals surface area contributed by atoms with E-state index in [9.17, 15) is 5.11 Å². The summed E-state index contributed by atoms with van der Waals surface area (Å²) in [7, 11) is 0. The van der Waals surface area contributed by atoms with E-state index in [4.69, 9.17) is 11.6 Å². The number of halogens is 2. The number of hydrogen-bond donors (Lipinski definition) is 1. The molecule has 0 aliphatic carbocycles. The SMILES string of the molecule is CCn1ncc(Cl)c1C(O)c1nc2ccccc2cc1Br. The Morgan fingerprint density at radius 2 is 2.14 bits per heavy atom. The van der Waals surface area contributed by atoms with E-state index in [-0.39, 0.29) is 0 Å². The number of nitrogens with zero attached hydrogens (tertiary/aromatic N) is 3. The number of rotatable bonds is 3. The topological polar surface area (TPSA) is 50.9 Å². The Morgan fingerprint density at radius 3 is 2.90 bits per heavy atom. The zero-order valence-electron chi connectivity index (χ0n) is 11.3. The third-order valence-corrected chi connectivity index (χ3v) is 4.28. The van der Waals surface area contributed by atoms with Crippen molar-refractivity contribution in [2.24, 2.45) is 0 Å². The zero-order chi connectivity index (χ0) is 15.0. The molecule has 1 aromatic carbocycles. The largest absolute Gasteiger partial charge is 0.380 e. The molecule has 1 atom stereocenters. The maximum atomic E-state index is 10.7. The van der Waals surface area contributed by atoms with Crippen LogP contribution in [-0.2, 0) is 6.54 Å². The molecule has 2 aromatic heterocycles. The van der Waals surface area contributed by atoms with Gasteiger partial charge in [0, 0.05) is 16.4 Å². The van der Waals surface area contributed by atoms with Crippen molar-refractivity contribution in [1.82, 2.24) is 14.8 Å². The summed E-state index contributed by atoms with van der Waals surface area (Å²) in [6, 6.07) is 9.71. The number of fused-ring (bicyclic) bond motifs is 1. The zero-order valence-corrected chi connectivity index (χ0v) is 13.6. The van der Waals surface area contributed by atoms with E-state index in [1.165, 1.54) is 0 Å². The summed E-state index contributed by atoms with van der Waals surface area (Å²) in [6.45, 7) is 2.58. The standard InChI is InChI=1S/C15H13BrClN3O/c1-2-20-14(11(17)8-18-20)15(21)13-10(16)7-9-5-3-4-6-12(9)19-13/h3-8,15,21H,2H2,1H3. The summed E-state index contributed by atoms with van der Waals surface area (Å²) in [6.07, 6.45) is 0.609. The Bertz CT molecular complexity index is 803. The lowest BCUT2D eigenvalue weighted by Crippen LogP contribution is -2.11. The van der Waals surface area contributed by atoms with Crippen molar-refractivity contribution in [3.8, 4) is 0 Å². The summed E-state index contributed by atoms with van der Waals surface area (Å²) < 4.78 is 2.42. The molecule has 3 aromatic rings. The van der Waals surface area contributed by atoms with Crippen LogP contribution >= 0.6 is 27.5 Å². The van der Waals surface area contributed by atoms with Crippen LogP contribution in [0.1, 0.15) is 24.4 Å². The lowest BCUT2D eigenvalue weighted by atomic mass is 10.1. The molecule has 0 radical (unpaired) electrons. The fourth-order valence-corrected chi connectivity index (χ4v) is 3.12. The number of aliphatic hydroxyl groups excluding tert-OH is 1. The highest BCUT2D eigenvalue weighted by atomic mass is 79.9. The third kappa shape index (κ3) is 2.57. The summed E-state index contributed by atoms with van der Waals surface area (Å²) in [4.78, 5) is 4.55. The maximum absolute atomic E-state index is 10.7. The normalized spacial score (nSPS) is 12.8. The lowest BCUT2D eigenvalue weighted by molar-refractivity contribution is 0.203. The van der Waals surface area contributed by atoms with Gasteiger partial charge < -0.3 is 5.11 Å². The van der Waals surface area contributed by atoms with E-state index >= 15 is 0 Å². The summed E-state index contributed by atoms with van der Waals surface area (Å²) in [5, 5.41) is 16.3. The number of para-hydroxylation sites is 1. The monoisotopic (exact) mass is 365 g/mol. The van der Waals surface area contributed by atoms with Crippen LogP contribution < -0.4 is 0 Å². The Balaban J connectivity index is 2.15. The Kier molecular flexibility index (Phi) is 3.97. The molecule has 6 heteroatoms. The average Bonchev–Trinajstić information content (AvgIpc) is 2.86. The second-order valence-corrected chi connectivity index (χ2v) is 5.91.